The fourth-order valence-corrected chi connectivity index (χ4v) is 1.96. The Balaban J connectivity index is 2.24. The molecule has 0 aliphatic carbocycles. The molecule has 102 valence electrons. The van der Waals surface area contributed by atoms with Crippen LogP contribution in [-0.2, 0) is 23.2 Å². The summed E-state index contributed by atoms with van der Waals surface area (Å²) in [6.07, 6.45) is 1.48. The van der Waals surface area contributed by atoms with Gasteiger partial charge in [-0.2, -0.15) is 0 Å². The largest absolute Gasteiger partial charge is 0.331 e. The third kappa shape index (κ3) is 2.33. The number of rotatable bonds is 3. The van der Waals surface area contributed by atoms with Crippen LogP contribution in [0.5, 0.6) is 0 Å². The van der Waals surface area contributed by atoms with Crippen LogP contribution >= 0.6 is 0 Å². The number of nitrogens with one attached hydrogen (secondary N) is 1. The smallest absolute Gasteiger partial charge is 0.319 e. The van der Waals surface area contributed by atoms with Gasteiger partial charge in [0.2, 0.25) is 11.8 Å². The highest BCUT2D eigenvalue weighted by atomic mass is 16.2. The van der Waals surface area contributed by atoms with E-state index in [0.717, 1.165) is 4.90 Å². The first-order valence-corrected chi connectivity index (χ1v) is 5.91. The van der Waals surface area contributed by atoms with Crippen molar-refractivity contribution >= 4 is 17.8 Å². The van der Waals surface area contributed by atoms with Crippen molar-refractivity contribution in [3.63, 3.8) is 0 Å². The highest BCUT2D eigenvalue weighted by Crippen LogP contribution is 2.20. The number of urea groups is 1. The number of carbonyl (C=O) groups is 3. The van der Waals surface area contributed by atoms with E-state index in [1.807, 2.05) is 0 Å². The minimum Gasteiger partial charge on any atom is -0.319 e. The average molecular weight is 265 g/mol. The molecular formula is C11H15N5O3. The van der Waals surface area contributed by atoms with Gasteiger partial charge in [-0.25, -0.2) is 4.79 Å². The average Bonchev–Trinajstić information content (AvgIpc) is 2.69. The lowest BCUT2D eigenvalue weighted by molar-refractivity contribution is -0.144. The summed E-state index contributed by atoms with van der Waals surface area (Å²) in [5.41, 5.74) is 0. The van der Waals surface area contributed by atoms with Gasteiger partial charge in [0.1, 0.15) is 12.2 Å². The Morgan fingerprint density at radius 1 is 1.37 bits per heavy atom. The van der Waals surface area contributed by atoms with Gasteiger partial charge in [0.25, 0.3) is 0 Å². The van der Waals surface area contributed by atoms with Crippen molar-refractivity contribution in [1.82, 2.24) is 25.0 Å². The van der Waals surface area contributed by atoms with E-state index in [2.05, 4.69) is 15.5 Å². The second kappa shape index (κ2) is 4.79. The molecular weight excluding hydrogens is 250 g/mol. The van der Waals surface area contributed by atoms with Gasteiger partial charge < -0.3 is 4.57 Å². The molecule has 8 heteroatoms. The molecule has 1 aliphatic rings. The van der Waals surface area contributed by atoms with Crippen LogP contribution in [0.15, 0.2) is 6.33 Å². The Labute approximate surface area is 109 Å². The normalized spacial score (nSPS) is 20.1. The van der Waals surface area contributed by atoms with E-state index in [1.54, 1.807) is 25.5 Å². The van der Waals surface area contributed by atoms with Gasteiger partial charge in [-0.15, -0.1) is 10.2 Å². The molecule has 1 unspecified atom stereocenters. The molecule has 1 N–H and O–H groups in total. The fourth-order valence-electron chi connectivity index (χ4n) is 1.96. The van der Waals surface area contributed by atoms with Crippen molar-refractivity contribution in [2.24, 2.45) is 18.9 Å². The van der Waals surface area contributed by atoms with E-state index >= 15 is 0 Å². The molecule has 4 amide bonds. The van der Waals surface area contributed by atoms with E-state index < -0.39 is 23.8 Å². The molecule has 2 heterocycles. The Bertz CT molecular complexity index is 536. The van der Waals surface area contributed by atoms with Gasteiger partial charge in [0.05, 0.1) is 6.54 Å². The molecule has 1 saturated heterocycles. The first-order valence-electron chi connectivity index (χ1n) is 5.91. The zero-order chi connectivity index (χ0) is 14.2. The lowest BCUT2D eigenvalue weighted by Crippen LogP contribution is -2.58. The minimum atomic E-state index is -0.842. The minimum absolute atomic E-state index is 0.00231. The lowest BCUT2D eigenvalue weighted by Gasteiger charge is -2.31. The van der Waals surface area contributed by atoms with Crippen LogP contribution < -0.4 is 5.32 Å². The number of hydrogen-bond acceptors (Lipinski definition) is 5. The Hall–Kier alpha value is -2.25. The maximum absolute atomic E-state index is 12.2. The molecule has 1 fully saturated rings. The first-order chi connectivity index (χ1) is 8.91. The molecule has 1 aliphatic heterocycles. The second-order valence-electron chi connectivity index (χ2n) is 4.80. The van der Waals surface area contributed by atoms with Gasteiger partial charge in [-0.3, -0.25) is 19.8 Å². The number of hydrogen-bond donors (Lipinski definition) is 1. The van der Waals surface area contributed by atoms with E-state index in [-0.39, 0.29) is 12.5 Å². The number of amides is 4. The fraction of sp³-hybridized carbons (Fsp3) is 0.545. The van der Waals surface area contributed by atoms with E-state index in [0.29, 0.717) is 5.82 Å². The highest BCUT2D eigenvalue weighted by molar-refractivity contribution is 6.16. The second-order valence-corrected chi connectivity index (χ2v) is 4.80. The van der Waals surface area contributed by atoms with Crippen LogP contribution in [0, 0.1) is 11.8 Å². The molecule has 0 radical (unpaired) electrons. The van der Waals surface area contributed by atoms with Crippen LogP contribution in [0.25, 0.3) is 0 Å². The van der Waals surface area contributed by atoms with Crippen molar-refractivity contribution < 1.29 is 14.4 Å². The standard InChI is InChI=1S/C11H15N5O3/c1-6(2)8-9(17)13-11(19)16(10(8)18)4-7-14-12-5-15(7)3/h5-6,8H,4H2,1-3H3,(H,13,17,19). The Morgan fingerprint density at radius 3 is 2.58 bits per heavy atom. The van der Waals surface area contributed by atoms with Gasteiger partial charge in [-0.05, 0) is 5.92 Å². The lowest BCUT2D eigenvalue weighted by atomic mass is 9.92. The van der Waals surface area contributed by atoms with Gasteiger partial charge >= 0.3 is 6.03 Å². The Morgan fingerprint density at radius 2 is 2.05 bits per heavy atom. The molecule has 1 atom stereocenters. The topological polar surface area (TPSA) is 97.2 Å². The molecule has 0 saturated carbocycles. The highest BCUT2D eigenvalue weighted by Gasteiger charge is 2.42. The van der Waals surface area contributed by atoms with E-state index in [1.165, 1.54) is 6.33 Å². The van der Waals surface area contributed by atoms with Crippen LogP contribution in [0.1, 0.15) is 19.7 Å². The van der Waals surface area contributed by atoms with Crippen LogP contribution in [-0.4, -0.2) is 37.5 Å². The monoisotopic (exact) mass is 265 g/mol. The maximum Gasteiger partial charge on any atom is 0.331 e. The Kier molecular flexibility index (Phi) is 3.32. The zero-order valence-corrected chi connectivity index (χ0v) is 11.0. The number of imide groups is 2. The molecule has 19 heavy (non-hydrogen) atoms. The number of aryl methyl sites for hydroxylation is 1. The van der Waals surface area contributed by atoms with E-state index in [9.17, 15) is 14.4 Å². The summed E-state index contributed by atoms with van der Waals surface area (Å²) in [6, 6.07) is -0.713. The van der Waals surface area contributed by atoms with Gasteiger partial charge in [0, 0.05) is 7.05 Å². The molecule has 2 rings (SSSR count). The summed E-state index contributed by atoms with van der Waals surface area (Å²) in [7, 11) is 1.72. The third-order valence-electron chi connectivity index (χ3n) is 3.06. The number of aromatic nitrogens is 3. The van der Waals surface area contributed by atoms with Gasteiger partial charge in [0.15, 0.2) is 5.82 Å². The summed E-state index contributed by atoms with van der Waals surface area (Å²) in [5, 5.41) is 9.70. The van der Waals surface area contributed by atoms with Crippen molar-refractivity contribution in [3.8, 4) is 0 Å². The SMILES string of the molecule is CC(C)C1C(=O)NC(=O)N(Cc2nncn2C)C1=O. The number of carbonyl (C=O) groups excluding carboxylic acids is 3. The van der Waals surface area contributed by atoms with Crippen LogP contribution in [0.2, 0.25) is 0 Å². The predicted molar refractivity (Wildman–Crippen MR) is 63.4 cm³/mol. The molecule has 1 aromatic rings. The molecule has 0 spiro atoms. The maximum atomic E-state index is 12.2. The summed E-state index contributed by atoms with van der Waals surface area (Å²) < 4.78 is 1.61. The van der Waals surface area contributed by atoms with Gasteiger partial charge in [-0.1, -0.05) is 13.8 Å². The summed E-state index contributed by atoms with van der Waals surface area (Å²) in [6.45, 7) is 3.52. The third-order valence-corrected chi connectivity index (χ3v) is 3.06. The van der Waals surface area contributed by atoms with Crippen molar-refractivity contribution in [2.45, 2.75) is 20.4 Å². The zero-order valence-electron chi connectivity index (χ0n) is 11.0. The summed E-state index contributed by atoms with van der Waals surface area (Å²) >= 11 is 0. The van der Waals surface area contributed by atoms with Crippen LogP contribution in [0.3, 0.4) is 0 Å². The van der Waals surface area contributed by atoms with Crippen molar-refractivity contribution in [1.29, 1.82) is 0 Å². The molecule has 8 nitrogen and oxygen atoms in total. The molecule has 0 aromatic carbocycles. The van der Waals surface area contributed by atoms with Crippen molar-refractivity contribution in [3.05, 3.63) is 12.2 Å². The quantitative estimate of drug-likeness (QED) is 0.754. The number of barbiturate groups is 1. The first kappa shape index (κ1) is 13.2. The molecule has 1 aromatic heterocycles. The van der Waals surface area contributed by atoms with Crippen LogP contribution in [0.4, 0.5) is 4.79 Å². The predicted octanol–water partition coefficient (Wildman–Crippen LogP) is -0.334. The molecule has 0 bridgehead atoms. The summed E-state index contributed by atoms with van der Waals surface area (Å²) in [5.74, 6) is -1.58. The number of nitrogens with zero attached hydrogens (tertiary/aromatic N) is 4. The van der Waals surface area contributed by atoms with E-state index in [4.69, 9.17) is 0 Å². The summed E-state index contributed by atoms with van der Waals surface area (Å²) in [4.78, 5) is 36.6. The van der Waals surface area contributed by atoms with Crippen molar-refractivity contribution in [2.75, 3.05) is 0 Å².